The molecule has 0 bridgehead atoms. The maximum Gasteiger partial charge on any atom is 0.347 e. The molecule has 1 N–H and O–H groups in total. The summed E-state index contributed by atoms with van der Waals surface area (Å²) >= 11 is 0. The van der Waals surface area contributed by atoms with Gasteiger partial charge < -0.3 is 33.4 Å². The van der Waals surface area contributed by atoms with Crippen molar-refractivity contribution in [1.82, 2.24) is 25.0 Å². The first-order valence-corrected chi connectivity index (χ1v) is 21.4. The number of benzene rings is 2. The summed E-state index contributed by atoms with van der Waals surface area (Å²) in [6, 6.07) is 12.2. The number of anilines is 1. The number of rotatable bonds is 12. The van der Waals surface area contributed by atoms with Gasteiger partial charge in [0.05, 0.1) is 18.0 Å². The quantitative estimate of drug-likeness (QED) is 0.0948. The SMILES string of the molecule is CC(C)C(C)c1cc(OC[C@@H]2CC[C@]3(C)CCCN23)no1.CCc1cccc2cc(OCOC)cc(-c3ncc4c(N5CCCCCC5)nc(=O)[nH]c4c3F)c12.COC=O. The van der Waals surface area contributed by atoms with E-state index in [1.807, 2.05) is 30.3 Å². The molecule has 3 fully saturated rings. The fourth-order valence-corrected chi connectivity index (χ4v) is 8.76. The van der Waals surface area contributed by atoms with Gasteiger partial charge in [0.1, 0.15) is 29.6 Å². The Hall–Kier alpha value is -5.08. The van der Waals surface area contributed by atoms with E-state index in [1.54, 1.807) is 19.4 Å². The molecule has 3 aromatic heterocycles. The van der Waals surface area contributed by atoms with Crippen molar-refractivity contribution < 1.29 is 32.7 Å². The highest BCUT2D eigenvalue weighted by Gasteiger charge is 2.45. The molecule has 3 atom stereocenters. The molecule has 0 spiro atoms. The predicted molar refractivity (Wildman–Crippen MR) is 231 cm³/mol. The van der Waals surface area contributed by atoms with Crippen LogP contribution in [0.5, 0.6) is 11.6 Å². The Kier molecular flexibility index (Phi) is 15.2. The standard InChI is InChI=1S/C27H29FN4O3.C17H28N2O2.C2H4O2/c1-3-17-9-8-10-18-13-19(35-16-34-2)14-20(22(17)18)24-23(28)25-21(15-29-24)26(31-27(33)30-25)32-11-6-4-5-7-12-32;1-12(2)13(3)15-10-16(18-21-15)20-11-14-6-8-17(4)7-5-9-19(14)17;1-4-2-3/h8-10,13-15H,3-7,11-12,16H2,1-2H3,(H,30,31,33);10,12-14H,5-9,11H2,1-4H3;2H,1H3/t;13?,14-,17-;/m.0./s1. The number of fused-ring (bicyclic) bond motifs is 3. The Morgan fingerprint density at radius 2 is 1.80 bits per heavy atom. The van der Waals surface area contributed by atoms with Crippen molar-refractivity contribution in [2.75, 3.05) is 52.2 Å². The number of hydrogen-bond donors (Lipinski definition) is 1. The summed E-state index contributed by atoms with van der Waals surface area (Å²) in [5, 5.41) is 6.41. The lowest BCUT2D eigenvalue weighted by atomic mass is 9.95. The van der Waals surface area contributed by atoms with Crippen molar-refractivity contribution in [1.29, 1.82) is 0 Å². The number of methoxy groups -OCH3 is 2. The maximum absolute atomic E-state index is 16.2. The minimum atomic E-state index is -0.575. The predicted octanol–water partition coefficient (Wildman–Crippen LogP) is 8.82. The van der Waals surface area contributed by atoms with Gasteiger partial charge in [-0.25, -0.2) is 9.18 Å². The van der Waals surface area contributed by atoms with Gasteiger partial charge in [0.15, 0.2) is 12.6 Å². The van der Waals surface area contributed by atoms with Crippen LogP contribution in [0.3, 0.4) is 0 Å². The van der Waals surface area contributed by atoms with E-state index in [4.69, 9.17) is 23.5 Å². The van der Waals surface area contributed by atoms with Gasteiger partial charge in [-0.1, -0.05) is 58.7 Å². The number of nitrogens with one attached hydrogen (secondary N) is 1. The van der Waals surface area contributed by atoms with Crippen LogP contribution in [0.25, 0.3) is 32.9 Å². The van der Waals surface area contributed by atoms with E-state index >= 15 is 4.39 Å². The van der Waals surface area contributed by atoms with Crippen molar-refractivity contribution in [2.24, 2.45) is 5.92 Å². The lowest BCUT2D eigenvalue weighted by Crippen LogP contribution is -2.42. The number of ether oxygens (including phenoxy) is 4. The molecule has 0 aliphatic carbocycles. The highest BCUT2D eigenvalue weighted by atomic mass is 19.1. The maximum atomic E-state index is 16.2. The van der Waals surface area contributed by atoms with E-state index in [-0.39, 0.29) is 18.0 Å². The molecule has 6 heterocycles. The number of nitrogens with zero attached hydrogens (tertiary/aromatic N) is 5. The number of hydrogen-bond acceptors (Lipinski definition) is 12. The fourth-order valence-electron chi connectivity index (χ4n) is 8.76. The van der Waals surface area contributed by atoms with Gasteiger partial charge in [0.2, 0.25) is 0 Å². The van der Waals surface area contributed by atoms with Crippen LogP contribution in [0.4, 0.5) is 10.2 Å². The number of pyridine rings is 1. The summed E-state index contributed by atoms with van der Waals surface area (Å²) in [6.07, 6.45) is 11.9. The van der Waals surface area contributed by atoms with E-state index in [0.717, 1.165) is 73.9 Å². The van der Waals surface area contributed by atoms with Crippen LogP contribution in [0, 0.1) is 11.7 Å². The van der Waals surface area contributed by atoms with E-state index in [2.05, 4.69) is 69.3 Å². The van der Waals surface area contributed by atoms with Gasteiger partial charge in [0.25, 0.3) is 12.4 Å². The summed E-state index contributed by atoms with van der Waals surface area (Å²) in [5.74, 6) is 2.98. The molecule has 8 rings (SSSR count). The third kappa shape index (κ3) is 10.1. The Labute approximate surface area is 351 Å². The molecule has 2 aromatic carbocycles. The second kappa shape index (κ2) is 20.5. The Balaban J connectivity index is 0.000000205. The van der Waals surface area contributed by atoms with Crippen LogP contribution in [0.1, 0.15) is 103 Å². The van der Waals surface area contributed by atoms with Crippen molar-refractivity contribution in [2.45, 2.75) is 110 Å². The van der Waals surface area contributed by atoms with E-state index < -0.39 is 11.5 Å². The van der Waals surface area contributed by atoms with Crippen LogP contribution in [-0.2, 0) is 20.7 Å². The Bertz CT molecular complexity index is 2250. The monoisotopic (exact) mass is 828 g/mol. The van der Waals surface area contributed by atoms with Crippen LogP contribution >= 0.6 is 0 Å². The lowest BCUT2D eigenvalue weighted by Gasteiger charge is -2.31. The van der Waals surface area contributed by atoms with E-state index in [9.17, 15) is 4.79 Å². The van der Waals surface area contributed by atoms with Crippen molar-refractivity contribution in [3.05, 3.63) is 70.2 Å². The molecule has 5 aromatic rings. The average molecular weight is 829 g/mol. The molecular weight excluding hydrogens is 768 g/mol. The first kappa shape index (κ1) is 44.5. The molecule has 3 aliphatic heterocycles. The second-order valence-corrected chi connectivity index (χ2v) is 16.6. The van der Waals surface area contributed by atoms with Crippen molar-refractivity contribution in [3.63, 3.8) is 0 Å². The third-order valence-electron chi connectivity index (χ3n) is 12.4. The minimum Gasteiger partial charge on any atom is -0.474 e. The zero-order valence-corrected chi connectivity index (χ0v) is 36.2. The topological polar surface area (TPSA) is 145 Å². The molecular formula is C46H61FN6O7. The summed E-state index contributed by atoms with van der Waals surface area (Å²) in [4.78, 5) is 37.6. The van der Waals surface area contributed by atoms with E-state index in [1.165, 1.54) is 39.3 Å². The largest absolute Gasteiger partial charge is 0.474 e. The summed E-state index contributed by atoms with van der Waals surface area (Å²) in [7, 11) is 2.86. The molecule has 13 nitrogen and oxygen atoms in total. The number of halogens is 1. The summed E-state index contributed by atoms with van der Waals surface area (Å²) in [6.45, 7) is 15.0. The zero-order valence-electron chi connectivity index (χ0n) is 36.2. The first-order chi connectivity index (χ1) is 29.0. The molecule has 0 saturated carbocycles. The van der Waals surface area contributed by atoms with Gasteiger partial charge in [-0.15, -0.1) is 0 Å². The van der Waals surface area contributed by atoms with Crippen LogP contribution in [-0.4, -0.2) is 90.3 Å². The smallest absolute Gasteiger partial charge is 0.347 e. The number of aryl methyl sites for hydroxylation is 1. The molecule has 0 radical (unpaired) electrons. The van der Waals surface area contributed by atoms with Crippen molar-refractivity contribution in [3.8, 4) is 22.9 Å². The summed E-state index contributed by atoms with van der Waals surface area (Å²) in [5.41, 5.74) is 1.83. The first-order valence-electron chi connectivity index (χ1n) is 21.4. The molecule has 1 unspecified atom stereocenters. The number of carbonyl (C=O) groups excluding carboxylic acids is 1. The van der Waals surface area contributed by atoms with Crippen LogP contribution in [0.15, 0.2) is 51.9 Å². The average Bonchev–Trinajstić information content (AvgIpc) is 3.89. The minimum absolute atomic E-state index is 0.0736. The number of aromatic nitrogens is 4. The van der Waals surface area contributed by atoms with E-state index in [0.29, 0.717) is 58.3 Å². The summed E-state index contributed by atoms with van der Waals surface area (Å²) < 4.78 is 42.1. The van der Waals surface area contributed by atoms with Crippen molar-refractivity contribution >= 4 is 34.0 Å². The molecule has 324 valence electrons. The third-order valence-corrected chi connectivity index (χ3v) is 12.4. The number of H-pyrrole nitrogens is 1. The van der Waals surface area contributed by atoms with Crippen LogP contribution < -0.4 is 20.1 Å². The molecule has 3 saturated heterocycles. The molecule has 14 heteroatoms. The lowest BCUT2D eigenvalue weighted by molar-refractivity contribution is -0.126. The van der Waals surface area contributed by atoms with Gasteiger partial charge in [-0.3, -0.25) is 14.7 Å². The Morgan fingerprint density at radius 1 is 1.03 bits per heavy atom. The molecule has 60 heavy (non-hydrogen) atoms. The van der Waals surface area contributed by atoms with Gasteiger partial charge in [-0.05, 0) is 98.0 Å². The number of aromatic amines is 1. The molecule has 0 amide bonds. The fraction of sp³-hybridized carbons (Fsp3) is 0.543. The van der Waals surface area contributed by atoms with Gasteiger partial charge >= 0.3 is 5.69 Å². The second-order valence-electron chi connectivity index (χ2n) is 16.6. The normalized spacial score (nSPS) is 19.6. The van der Waals surface area contributed by atoms with Gasteiger partial charge in [-0.2, -0.15) is 4.98 Å². The number of carbonyl (C=O) groups is 1. The highest BCUT2D eigenvalue weighted by molar-refractivity contribution is 6.01. The van der Waals surface area contributed by atoms with Gasteiger partial charge in [0, 0.05) is 55.5 Å². The highest BCUT2D eigenvalue weighted by Crippen LogP contribution is 2.42. The molecule has 3 aliphatic rings. The van der Waals surface area contributed by atoms with Crippen LogP contribution in [0.2, 0.25) is 0 Å². The zero-order chi connectivity index (χ0) is 42.8. The Morgan fingerprint density at radius 3 is 2.50 bits per heavy atom.